The normalized spacial score (nSPS) is 15.0. The maximum absolute atomic E-state index is 11.2. The van der Waals surface area contributed by atoms with Gasteiger partial charge in [0, 0.05) is 13.0 Å². The molecule has 0 aromatic carbocycles. The molecule has 0 aliphatic rings. The third-order valence-corrected chi connectivity index (χ3v) is 1.65. The molecule has 0 fully saturated rings. The molecule has 76 valence electrons. The Kier molecular flexibility index (Phi) is 5.20. The highest BCUT2D eigenvalue weighted by Gasteiger charge is 2.20. The molecule has 0 rings (SSSR count). The zero-order chi connectivity index (χ0) is 10.4. The highest BCUT2D eigenvalue weighted by molar-refractivity contribution is 5.89. The minimum absolute atomic E-state index is 0.0274. The number of rotatable bonds is 6. The second kappa shape index (κ2) is 5.63. The van der Waals surface area contributed by atoms with Gasteiger partial charge < -0.3 is 22.3 Å². The molecule has 0 spiro atoms. The first-order chi connectivity index (χ1) is 5.99. The van der Waals surface area contributed by atoms with Crippen molar-refractivity contribution in [1.82, 2.24) is 0 Å². The zero-order valence-electron chi connectivity index (χ0n) is 7.27. The summed E-state index contributed by atoms with van der Waals surface area (Å²) in [6, 6.07) is -1.61. The van der Waals surface area contributed by atoms with Crippen LogP contribution in [0.3, 0.4) is 0 Å². The van der Waals surface area contributed by atoms with E-state index in [-0.39, 0.29) is 25.2 Å². The molecular weight excluding hydrogens is 174 g/mol. The Hall–Kier alpha value is -0.980. The Morgan fingerprint density at radius 2 is 1.77 bits per heavy atom. The first kappa shape index (κ1) is 12.0. The van der Waals surface area contributed by atoms with E-state index < -0.39 is 18.1 Å². The van der Waals surface area contributed by atoms with Gasteiger partial charge in [-0.15, -0.1) is 0 Å². The Balaban J connectivity index is 3.89. The predicted octanol–water partition coefficient (Wildman–Crippen LogP) is -1.97. The zero-order valence-corrected chi connectivity index (χ0v) is 7.27. The fraction of sp³-hybridized carbons (Fsp3) is 0.714. The minimum atomic E-state index is -0.982. The van der Waals surface area contributed by atoms with Gasteiger partial charge in [0.2, 0.25) is 0 Å². The van der Waals surface area contributed by atoms with Crippen molar-refractivity contribution in [2.75, 3.05) is 6.54 Å². The van der Waals surface area contributed by atoms with Gasteiger partial charge >= 0.3 is 5.97 Å². The van der Waals surface area contributed by atoms with Crippen molar-refractivity contribution in [2.24, 2.45) is 17.2 Å². The summed E-state index contributed by atoms with van der Waals surface area (Å²) in [5.74, 6) is -1.37. The molecule has 0 saturated carbocycles. The van der Waals surface area contributed by atoms with Crippen LogP contribution in [0.5, 0.6) is 0 Å². The van der Waals surface area contributed by atoms with E-state index in [1.165, 1.54) is 0 Å². The van der Waals surface area contributed by atoms with E-state index in [1.54, 1.807) is 0 Å². The lowest BCUT2D eigenvalue weighted by molar-refractivity contribution is -0.137. The van der Waals surface area contributed by atoms with Crippen LogP contribution in [0.1, 0.15) is 12.8 Å². The van der Waals surface area contributed by atoms with Gasteiger partial charge in [0.15, 0.2) is 5.78 Å². The smallest absolute Gasteiger partial charge is 0.303 e. The molecule has 0 aromatic rings. The minimum Gasteiger partial charge on any atom is -0.481 e. The van der Waals surface area contributed by atoms with Gasteiger partial charge in [0.1, 0.15) is 0 Å². The summed E-state index contributed by atoms with van der Waals surface area (Å²) in [4.78, 5) is 21.3. The molecule has 13 heavy (non-hydrogen) atoms. The molecule has 0 amide bonds. The SMILES string of the molecule is NCC(N)C(=O)C(N)CCC(=O)O. The maximum atomic E-state index is 11.2. The second-order valence-electron chi connectivity index (χ2n) is 2.78. The maximum Gasteiger partial charge on any atom is 0.303 e. The van der Waals surface area contributed by atoms with Crippen molar-refractivity contribution in [2.45, 2.75) is 24.9 Å². The van der Waals surface area contributed by atoms with Crippen molar-refractivity contribution in [3.63, 3.8) is 0 Å². The average molecular weight is 189 g/mol. The molecule has 2 atom stereocenters. The summed E-state index contributed by atoms with van der Waals surface area (Å²) in [6.45, 7) is 0.0274. The summed E-state index contributed by atoms with van der Waals surface area (Å²) >= 11 is 0. The Labute approximate surface area is 76.1 Å². The number of carbonyl (C=O) groups is 2. The number of carboxylic acid groups (broad SMARTS) is 1. The van der Waals surface area contributed by atoms with Crippen molar-refractivity contribution >= 4 is 11.8 Å². The number of ketones is 1. The molecule has 7 N–H and O–H groups in total. The van der Waals surface area contributed by atoms with E-state index in [9.17, 15) is 9.59 Å². The van der Waals surface area contributed by atoms with Crippen LogP contribution in [0.15, 0.2) is 0 Å². The molecule has 0 aliphatic heterocycles. The number of carbonyl (C=O) groups excluding carboxylic acids is 1. The van der Waals surface area contributed by atoms with Crippen LogP contribution < -0.4 is 17.2 Å². The van der Waals surface area contributed by atoms with E-state index >= 15 is 0 Å². The lowest BCUT2D eigenvalue weighted by atomic mass is 10.0. The quantitative estimate of drug-likeness (QED) is 0.383. The third kappa shape index (κ3) is 4.56. The van der Waals surface area contributed by atoms with Gasteiger partial charge in [-0.1, -0.05) is 0 Å². The van der Waals surface area contributed by atoms with Crippen molar-refractivity contribution in [1.29, 1.82) is 0 Å². The van der Waals surface area contributed by atoms with Crippen LogP contribution in [-0.2, 0) is 9.59 Å². The Morgan fingerprint density at radius 3 is 2.15 bits per heavy atom. The Morgan fingerprint density at radius 1 is 1.23 bits per heavy atom. The molecule has 0 aliphatic carbocycles. The van der Waals surface area contributed by atoms with Gasteiger partial charge in [-0.3, -0.25) is 9.59 Å². The van der Waals surface area contributed by atoms with Crippen molar-refractivity contribution in [3.8, 4) is 0 Å². The first-order valence-corrected chi connectivity index (χ1v) is 3.95. The monoisotopic (exact) mass is 189 g/mol. The van der Waals surface area contributed by atoms with Crippen LogP contribution in [0, 0.1) is 0 Å². The van der Waals surface area contributed by atoms with Gasteiger partial charge in [-0.05, 0) is 6.42 Å². The first-order valence-electron chi connectivity index (χ1n) is 3.95. The van der Waals surface area contributed by atoms with Gasteiger partial charge in [0.25, 0.3) is 0 Å². The van der Waals surface area contributed by atoms with Crippen LogP contribution in [-0.4, -0.2) is 35.5 Å². The molecular formula is C7H15N3O3. The highest BCUT2D eigenvalue weighted by Crippen LogP contribution is 1.97. The fourth-order valence-electron chi connectivity index (χ4n) is 0.812. The van der Waals surface area contributed by atoms with E-state index in [4.69, 9.17) is 22.3 Å². The van der Waals surface area contributed by atoms with Crippen molar-refractivity contribution in [3.05, 3.63) is 0 Å². The second-order valence-corrected chi connectivity index (χ2v) is 2.78. The van der Waals surface area contributed by atoms with E-state index in [1.807, 2.05) is 0 Å². The molecule has 6 nitrogen and oxygen atoms in total. The molecule has 0 radical (unpaired) electrons. The molecule has 0 saturated heterocycles. The predicted molar refractivity (Wildman–Crippen MR) is 46.9 cm³/mol. The number of nitrogens with two attached hydrogens (primary N) is 3. The topological polar surface area (TPSA) is 132 Å². The summed E-state index contributed by atoms with van der Waals surface area (Å²) in [6.07, 6.45) is -0.0357. The summed E-state index contributed by atoms with van der Waals surface area (Å²) in [5.41, 5.74) is 15.9. The number of hydrogen-bond donors (Lipinski definition) is 4. The van der Waals surface area contributed by atoms with Gasteiger partial charge in [-0.25, -0.2) is 0 Å². The van der Waals surface area contributed by atoms with Gasteiger partial charge in [-0.2, -0.15) is 0 Å². The summed E-state index contributed by atoms with van der Waals surface area (Å²) in [7, 11) is 0. The lowest BCUT2D eigenvalue weighted by Gasteiger charge is -2.13. The standard InChI is InChI=1S/C7H15N3O3/c8-3-5(10)7(13)4(9)1-2-6(11)12/h4-5H,1-3,8-10H2,(H,11,12). The van der Waals surface area contributed by atoms with E-state index in [0.717, 1.165) is 0 Å². The molecule has 2 unspecified atom stereocenters. The number of Topliss-reactive ketones (excluding diaryl/α,β-unsaturated/α-hetero) is 1. The molecule has 0 heterocycles. The van der Waals surface area contributed by atoms with E-state index in [0.29, 0.717) is 0 Å². The Bertz CT molecular complexity index is 195. The number of aliphatic carboxylic acids is 1. The molecule has 0 aromatic heterocycles. The summed E-state index contributed by atoms with van der Waals surface area (Å²) in [5, 5.41) is 8.32. The molecule has 6 heteroatoms. The van der Waals surface area contributed by atoms with Crippen LogP contribution >= 0.6 is 0 Å². The third-order valence-electron chi connectivity index (χ3n) is 1.65. The highest BCUT2D eigenvalue weighted by atomic mass is 16.4. The van der Waals surface area contributed by atoms with Crippen LogP contribution in [0.4, 0.5) is 0 Å². The van der Waals surface area contributed by atoms with E-state index in [2.05, 4.69) is 0 Å². The number of carboxylic acids is 1. The lowest BCUT2D eigenvalue weighted by Crippen LogP contribution is -2.47. The number of hydrogen-bond acceptors (Lipinski definition) is 5. The summed E-state index contributed by atoms with van der Waals surface area (Å²) < 4.78 is 0. The fourth-order valence-corrected chi connectivity index (χ4v) is 0.812. The molecule has 0 bridgehead atoms. The van der Waals surface area contributed by atoms with Crippen molar-refractivity contribution < 1.29 is 14.7 Å². The van der Waals surface area contributed by atoms with Gasteiger partial charge in [0.05, 0.1) is 12.1 Å². The largest absolute Gasteiger partial charge is 0.481 e. The average Bonchev–Trinajstić information content (AvgIpc) is 2.11. The van der Waals surface area contributed by atoms with Crippen LogP contribution in [0.25, 0.3) is 0 Å². The van der Waals surface area contributed by atoms with Crippen LogP contribution in [0.2, 0.25) is 0 Å².